The average molecular weight is 373 g/mol. The summed E-state index contributed by atoms with van der Waals surface area (Å²) in [5, 5.41) is 7.01. The van der Waals surface area contributed by atoms with E-state index in [1.807, 2.05) is 0 Å². The summed E-state index contributed by atoms with van der Waals surface area (Å²) in [7, 11) is 0. The van der Waals surface area contributed by atoms with Gasteiger partial charge in [0.1, 0.15) is 16.5 Å². The maximum atomic E-state index is 13.1. The second-order valence-electron chi connectivity index (χ2n) is 5.54. The summed E-state index contributed by atoms with van der Waals surface area (Å²) in [6.45, 7) is 1.64. The van der Waals surface area contributed by atoms with E-state index in [-0.39, 0.29) is 22.1 Å². The van der Waals surface area contributed by atoms with E-state index < -0.39 is 11.8 Å². The molecule has 1 aromatic heterocycles. The molecule has 0 spiro atoms. The minimum atomic E-state index is -0.598. The van der Waals surface area contributed by atoms with Gasteiger partial charge in [-0.3, -0.25) is 9.59 Å². The van der Waals surface area contributed by atoms with Crippen LogP contribution in [0.3, 0.4) is 0 Å². The van der Waals surface area contributed by atoms with Crippen molar-refractivity contribution in [2.24, 2.45) is 5.73 Å². The van der Waals surface area contributed by atoms with Crippen LogP contribution in [0, 0.1) is 12.7 Å². The number of aromatic nitrogens is 2. The first-order valence-corrected chi connectivity index (χ1v) is 7.97. The number of carbonyl (C=O) groups excluding carboxylic acids is 2. The Kier molecular flexibility index (Phi) is 4.73. The van der Waals surface area contributed by atoms with Crippen molar-refractivity contribution in [1.82, 2.24) is 9.78 Å². The first-order valence-electron chi connectivity index (χ1n) is 7.59. The molecular formula is C18H14ClFN4O2. The van der Waals surface area contributed by atoms with Gasteiger partial charge in [0.05, 0.1) is 11.4 Å². The van der Waals surface area contributed by atoms with Crippen LogP contribution < -0.4 is 11.1 Å². The molecule has 6 nitrogen and oxygen atoms in total. The van der Waals surface area contributed by atoms with Crippen LogP contribution in [-0.2, 0) is 0 Å². The quantitative estimate of drug-likeness (QED) is 0.736. The highest BCUT2D eigenvalue weighted by molar-refractivity contribution is 6.34. The number of rotatable bonds is 4. The molecule has 0 saturated carbocycles. The molecule has 26 heavy (non-hydrogen) atoms. The number of halogens is 2. The highest BCUT2D eigenvalue weighted by atomic mass is 35.5. The third-order valence-electron chi connectivity index (χ3n) is 3.71. The lowest BCUT2D eigenvalue weighted by molar-refractivity contribution is 0.0996. The summed E-state index contributed by atoms with van der Waals surface area (Å²) < 4.78 is 14.4. The maximum Gasteiger partial charge on any atom is 0.260 e. The molecule has 8 heteroatoms. The molecule has 2 amide bonds. The minimum absolute atomic E-state index is 0.0951. The van der Waals surface area contributed by atoms with E-state index >= 15 is 0 Å². The number of aryl methyl sites for hydroxylation is 1. The number of amides is 2. The largest absolute Gasteiger partial charge is 0.366 e. The van der Waals surface area contributed by atoms with E-state index in [9.17, 15) is 14.0 Å². The van der Waals surface area contributed by atoms with Gasteiger partial charge in [-0.05, 0) is 49.4 Å². The zero-order chi connectivity index (χ0) is 18.8. The van der Waals surface area contributed by atoms with Crippen LogP contribution in [0.15, 0.2) is 48.5 Å². The summed E-state index contributed by atoms with van der Waals surface area (Å²) >= 11 is 6.32. The molecule has 0 radical (unpaired) electrons. The van der Waals surface area contributed by atoms with E-state index in [0.29, 0.717) is 17.1 Å². The number of nitrogens with zero attached hydrogens (tertiary/aromatic N) is 2. The van der Waals surface area contributed by atoms with Crippen LogP contribution in [0.25, 0.3) is 5.69 Å². The van der Waals surface area contributed by atoms with Gasteiger partial charge in [0, 0.05) is 11.3 Å². The molecule has 0 aliphatic carbocycles. The van der Waals surface area contributed by atoms with Crippen molar-refractivity contribution < 1.29 is 14.0 Å². The minimum Gasteiger partial charge on any atom is -0.366 e. The molecule has 2 aromatic carbocycles. The Labute approximate surface area is 153 Å². The smallest absolute Gasteiger partial charge is 0.260 e. The number of nitrogens with two attached hydrogens (primary N) is 1. The van der Waals surface area contributed by atoms with Crippen molar-refractivity contribution in [3.8, 4) is 5.69 Å². The Hall–Kier alpha value is -3.19. The molecular weight excluding hydrogens is 359 g/mol. The van der Waals surface area contributed by atoms with Crippen LogP contribution in [0.4, 0.5) is 10.1 Å². The number of carbonyl (C=O) groups is 2. The molecule has 0 atom stereocenters. The first-order chi connectivity index (χ1) is 12.4. The Morgan fingerprint density at radius 3 is 2.54 bits per heavy atom. The Morgan fingerprint density at radius 1 is 1.19 bits per heavy atom. The third kappa shape index (κ3) is 3.43. The zero-order valence-electron chi connectivity index (χ0n) is 13.7. The maximum absolute atomic E-state index is 13.1. The number of hydrogen-bond acceptors (Lipinski definition) is 3. The monoisotopic (exact) mass is 372 g/mol. The molecule has 3 aromatic rings. The predicted molar refractivity (Wildman–Crippen MR) is 96.2 cm³/mol. The number of nitrogens with one attached hydrogen (secondary N) is 1. The highest BCUT2D eigenvalue weighted by Crippen LogP contribution is 2.25. The fourth-order valence-corrected chi connectivity index (χ4v) is 2.81. The van der Waals surface area contributed by atoms with E-state index in [2.05, 4.69) is 10.4 Å². The Bertz CT molecular complexity index is 999. The molecule has 0 fully saturated rings. The van der Waals surface area contributed by atoms with Gasteiger partial charge in [0.2, 0.25) is 5.91 Å². The predicted octanol–water partition coefficient (Wildman–Crippen LogP) is 3.32. The molecule has 0 aliphatic heterocycles. The number of benzene rings is 2. The summed E-state index contributed by atoms with van der Waals surface area (Å²) in [4.78, 5) is 23.9. The summed E-state index contributed by atoms with van der Waals surface area (Å²) in [5.74, 6) is -1.47. The van der Waals surface area contributed by atoms with Crippen LogP contribution in [0.5, 0.6) is 0 Å². The second-order valence-corrected chi connectivity index (χ2v) is 5.90. The summed E-state index contributed by atoms with van der Waals surface area (Å²) in [6, 6.07) is 11.8. The fraction of sp³-hybridized carbons (Fsp3) is 0.0556. The van der Waals surface area contributed by atoms with E-state index in [1.165, 1.54) is 35.0 Å². The Morgan fingerprint density at radius 2 is 1.88 bits per heavy atom. The molecule has 0 saturated heterocycles. The average Bonchev–Trinajstić information content (AvgIpc) is 2.90. The third-order valence-corrected chi connectivity index (χ3v) is 4.06. The van der Waals surface area contributed by atoms with Gasteiger partial charge in [0.25, 0.3) is 5.91 Å². The second kappa shape index (κ2) is 6.97. The molecule has 0 bridgehead atoms. The van der Waals surface area contributed by atoms with Gasteiger partial charge in [0.15, 0.2) is 0 Å². The van der Waals surface area contributed by atoms with Crippen molar-refractivity contribution in [1.29, 1.82) is 0 Å². The highest BCUT2D eigenvalue weighted by Gasteiger charge is 2.21. The summed E-state index contributed by atoms with van der Waals surface area (Å²) in [6.07, 6.45) is 0. The van der Waals surface area contributed by atoms with Crippen molar-refractivity contribution in [2.45, 2.75) is 6.92 Å². The normalized spacial score (nSPS) is 10.6. The van der Waals surface area contributed by atoms with Crippen LogP contribution in [-0.4, -0.2) is 21.6 Å². The molecule has 1 heterocycles. The number of hydrogen-bond donors (Lipinski definition) is 2. The lowest BCUT2D eigenvalue weighted by atomic mass is 10.2. The van der Waals surface area contributed by atoms with E-state index in [0.717, 1.165) is 0 Å². The van der Waals surface area contributed by atoms with Gasteiger partial charge in [-0.15, -0.1) is 0 Å². The van der Waals surface area contributed by atoms with Gasteiger partial charge < -0.3 is 11.1 Å². The van der Waals surface area contributed by atoms with Crippen LogP contribution in [0.2, 0.25) is 5.15 Å². The van der Waals surface area contributed by atoms with E-state index in [1.54, 1.807) is 25.1 Å². The van der Waals surface area contributed by atoms with E-state index in [4.69, 9.17) is 17.3 Å². The van der Waals surface area contributed by atoms with Crippen molar-refractivity contribution in [2.75, 3.05) is 5.32 Å². The van der Waals surface area contributed by atoms with Crippen LogP contribution >= 0.6 is 11.6 Å². The topological polar surface area (TPSA) is 90.0 Å². The molecule has 3 N–H and O–H groups in total. The van der Waals surface area contributed by atoms with Gasteiger partial charge in [-0.2, -0.15) is 5.10 Å². The van der Waals surface area contributed by atoms with Gasteiger partial charge in [-0.1, -0.05) is 17.7 Å². The summed E-state index contributed by atoms with van der Waals surface area (Å²) in [5.41, 5.74) is 7.02. The molecule has 0 unspecified atom stereocenters. The SMILES string of the molecule is Cc1nn(-c2ccc(F)cc2)c(Cl)c1C(=O)Nc1cccc(C(N)=O)c1. The van der Waals surface area contributed by atoms with Gasteiger partial charge in [-0.25, -0.2) is 9.07 Å². The van der Waals surface area contributed by atoms with Crippen LogP contribution in [0.1, 0.15) is 26.4 Å². The molecule has 0 aliphatic rings. The number of primary amides is 1. The molecule has 132 valence electrons. The van der Waals surface area contributed by atoms with Crippen molar-refractivity contribution in [3.05, 3.63) is 76.3 Å². The fourth-order valence-electron chi connectivity index (χ4n) is 2.45. The van der Waals surface area contributed by atoms with Crippen molar-refractivity contribution >= 4 is 29.1 Å². The lowest BCUT2D eigenvalue weighted by Crippen LogP contribution is -2.15. The lowest BCUT2D eigenvalue weighted by Gasteiger charge is -2.07. The van der Waals surface area contributed by atoms with Gasteiger partial charge >= 0.3 is 0 Å². The standard InChI is InChI=1S/C18H14ClFN4O2/c1-10-15(16(19)24(23-10)14-7-5-12(20)6-8-14)18(26)22-13-4-2-3-11(9-13)17(21)25/h2-9H,1H3,(H2,21,25)(H,22,26). The molecule has 3 rings (SSSR count). The first kappa shape index (κ1) is 17.6. The van der Waals surface area contributed by atoms with Crippen molar-refractivity contribution in [3.63, 3.8) is 0 Å². The number of anilines is 1. The Balaban J connectivity index is 1.92. The zero-order valence-corrected chi connectivity index (χ0v) is 14.4.